The van der Waals surface area contributed by atoms with E-state index in [0.29, 0.717) is 85.2 Å². The number of nitrogens with zero attached hydrogens (tertiary/aromatic N) is 2. The highest BCUT2D eigenvalue weighted by Crippen LogP contribution is 2.37. The van der Waals surface area contributed by atoms with Gasteiger partial charge in [0.15, 0.2) is 0 Å². The Bertz CT molecular complexity index is 2340. The second kappa shape index (κ2) is 24.6. The van der Waals surface area contributed by atoms with Gasteiger partial charge in [-0.25, -0.2) is 0 Å². The second-order valence-electron chi connectivity index (χ2n) is 18.3. The van der Waals surface area contributed by atoms with Gasteiger partial charge in [0.2, 0.25) is 24.4 Å². The van der Waals surface area contributed by atoms with Crippen molar-refractivity contribution in [2.75, 3.05) is 39.4 Å². The van der Waals surface area contributed by atoms with Crippen LogP contribution in [0.1, 0.15) is 47.9 Å². The quantitative estimate of drug-likeness (QED) is 0.0581. The van der Waals surface area contributed by atoms with Crippen molar-refractivity contribution in [3.8, 4) is 33.8 Å². The summed E-state index contributed by atoms with van der Waals surface area (Å²) < 4.78 is 23.2. The van der Waals surface area contributed by atoms with Gasteiger partial charge >= 0.3 is 11.9 Å². The summed E-state index contributed by atoms with van der Waals surface area (Å²) in [6.45, 7) is 0.188. The number of carboxylic acid groups (broad SMARTS) is 2. The average molecular weight is 1000 g/mol. The molecule has 20 heteroatoms. The fraction of sp³-hybridized carbons (Fsp3) is 0.462. The summed E-state index contributed by atoms with van der Waals surface area (Å²) in [5.41, 5.74) is 4.95. The molecule has 3 fully saturated rings. The predicted molar refractivity (Wildman–Crippen MR) is 254 cm³/mol. The molecule has 3 aliphatic heterocycles. The molecule has 7 rings (SSSR count). The number of aliphatic hydroxyl groups is 8. The highest BCUT2D eigenvalue weighted by molar-refractivity contribution is 5.79. The lowest BCUT2D eigenvalue weighted by Crippen LogP contribution is -2.60. The Balaban J connectivity index is 0.928. The van der Waals surface area contributed by atoms with Crippen molar-refractivity contribution in [3.63, 3.8) is 0 Å². The van der Waals surface area contributed by atoms with E-state index in [4.69, 9.17) is 18.9 Å². The minimum absolute atomic E-state index is 0.0606. The van der Waals surface area contributed by atoms with E-state index in [1.165, 1.54) is 0 Å². The predicted octanol–water partition coefficient (Wildman–Crippen LogP) is 0.649. The monoisotopic (exact) mass is 1000 g/mol. The van der Waals surface area contributed by atoms with E-state index in [2.05, 4.69) is 0 Å². The van der Waals surface area contributed by atoms with Crippen molar-refractivity contribution in [1.82, 2.24) is 9.80 Å². The summed E-state index contributed by atoms with van der Waals surface area (Å²) in [5, 5.41) is 101. The van der Waals surface area contributed by atoms with Gasteiger partial charge in [-0.3, -0.25) is 19.2 Å². The van der Waals surface area contributed by atoms with Crippen LogP contribution < -0.4 is 9.47 Å². The zero-order chi connectivity index (χ0) is 51.6. The van der Waals surface area contributed by atoms with Gasteiger partial charge in [0.1, 0.15) is 60.3 Å². The summed E-state index contributed by atoms with van der Waals surface area (Å²) in [4.78, 5) is 53.3. The molecule has 2 amide bonds. The van der Waals surface area contributed by atoms with E-state index in [0.717, 1.165) is 11.1 Å². The standard InChI is InChI=1S/C52H62N2O18/c55-27-39-45(63)47(65)49(67)51(71-39)69-37-15-13-29(23-35(37)33-9-1-7-31(21-33)25-43(59)60)5-3-11-41(57)53-17-19-54(20-18-53)42(58)12-4-6-30-14-16-38(70-52-50(68)48(66)46(64)40(28-56)72-52)36(24-30)34-10-2-8-32(22-34)26-44(61)62/h1-2,7-10,13-16,21-24,39-40,45-52,55-56,63-68H,3-6,11-12,17-20,25-28H2,(H,59,60)(H,61,62)/t39-,40-,45-,46-,47-,48-,49+,50+,51+,52+/m1/s1. The molecule has 0 bridgehead atoms. The smallest absolute Gasteiger partial charge is 0.307 e. The van der Waals surface area contributed by atoms with Gasteiger partial charge in [0.05, 0.1) is 26.1 Å². The molecule has 10 atom stereocenters. The Hall–Kier alpha value is -6.04. The number of carbonyl (C=O) groups is 4. The molecule has 388 valence electrons. The average Bonchev–Trinajstić information content (AvgIpc) is 3.37. The number of benzene rings is 4. The van der Waals surface area contributed by atoms with Gasteiger partial charge in [0, 0.05) is 50.1 Å². The Labute approximate surface area is 414 Å². The number of hydrogen-bond donors (Lipinski definition) is 10. The third kappa shape index (κ3) is 13.3. The molecular formula is C52H62N2O18. The van der Waals surface area contributed by atoms with Crippen molar-refractivity contribution in [1.29, 1.82) is 0 Å². The number of hydrogen-bond acceptors (Lipinski definition) is 16. The number of rotatable bonds is 20. The third-order valence-electron chi connectivity index (χ3n) is 13.2. The number of aryl methyl sites for hydroxylation is 2. The van der Waals surface area contributed by atoms with E-state index in [1.54, 1.807) is 82.6 Å². The molecule has 4 aromatic carbocycles. The highest BCUT2D eigenvalue weighted by Gasteiger charge is 2.46. The van der Waals surface area contributed by atoms with Crippen LogP contribution in [0.5, 0.6) is 11.5 Å². The normalized spacial score (nSPS) is 25.4. The lowest BCUT2D eigenvalue weighted by atomic mass is 9.96. The molecule has 4 aromatic rings. The summed E-state index contributed by atoms with van der Waals surface area (Å²) >= 11 is 0. The first kappa shape index (κ1) is 53.8. The fourth-order valence-corrected chi connectivity index (χ4v) is 9.16. The number of piperazine rings is 1. The lowest BCUT2D eigenvalue weighted by molar-refractivity contribution is -0.277. The molecule has 0 aliphatic carbocycles. The van der Waals surface area contributed by atoms with Gasteiger partial charge in [-0.1, -0.05) is 60.7 Å². The molecule has 0 radical (unpaired) electrons. The molecule has 0 unspecified atom stereocenters. The Kier molecular flexibility index (Phi) is 18.4. The first-order valence-electron chi connectivity index (χ1n) is 23.9. The molecule has 0 spiro atoms. The third-order valence-corrected chi connectivity index (χ3v) is 13.2. The summed E-state index contributed by atoms with van der Waals surface area (Å²) in [6.07, 6.45) is -13.1. The summed E-state index contributed by atoms with van der Waals surface area (Å²) in [5.74, 6) is -1.71. The fourth-order valence-electron chi connectivity index (χ4n) is 9.16. The maximum absolute atomic E-state index is 13.4. The molecule has 10 N–H and O–H groups in total. The molecular weight excluding hydrogens is 941 g/mol. The summed E-state index contributed by atoms with van der Waals surface area (Å²) in [6, 6.07) is 24.1. The van der Waals surface area contributed by atoms with Crippen LogP contribution in [0.15, 0.2) is 84.9 Å². The van der Waals surface area contributed by atoms with Crippen LogP contribution in [-0.2, 0) is 54.3 Å². The largest absolute Gasteiger partial charge is 0.481 e. The van der Waals surface area contributed by atoms with Gasteiger partial charge in [0.25, 0.3) is 0 Å². The summed E-state index contributed by atoms with van der Waals surface area (Å²) in [7, 11) is 0. The molecule has 0 aromatic heterocycles. The van der Waals surface area contributed by atoms with Crippen molar-refractivity contribution in [2.24, 2.45) is 0 Å². The van der Waals surface area contributed by atoms with Crippen LogP contribution in [0.25, 0.3) is 22.3 Å². The Morgan fingerprint density at radius 2 is 0.889 bits per heavy atom. The van der Waals surface area contributed by atoms with Crippen molar-refractivity contribution in [3.05, 3.63) is 107 Å². The van der Waals surface area contributed by atoms with Gasteiger partial charge in [-0.05, 0) is 83.3 Å². The number of ether oxygens (including phenoxy) is 4. The SMILES string of the molecule is O=C(O)Cc1cccc(-c2cc(CCCC(=O)N3CCN(C(=O)CCCc4ccc(O[C@H]5O[C@H](CO)[C@@H](O)[C@@H](O)[C@@H]5O)c(-c5cccc(CC(=O)O)c5)c4)CC3)ccc2O[C@H]2O[C@H](CO)[C@@H](O)[C@@H](O)[C@@H]2O)c1. The molecule has 0 saturated carbocycles. The Morgan fingerprint density at radius 3 is 1.25 bits per heavy atom. The van der Waals surface area contributed by atoms with E-state index in [9.17, 15) is 70.2 Å². The van der Waals surface area contributed by atoms with Crippen LogP contribution >= 0.6 is 0 Å². The first-order chi connectivity index (χ1) is 34.5. The van der Waals surface area contributed by atoms with Crippen LogP contribution in [0.4, 0.5) is 0 Å². The van der Waals surface area contributed by atoms with E-state index < -0.39 is 86.6 Å². The second-order valence-corrected chi connectivity index (χ2v) is 18.3. The molecule has 3 saturated heterocycles. The van der Waals surface area contributed by atoms with E-state index in [-0.39, 0.29) is 49.0 Å². The topological polar surface area (TPSA) is 314 Å². The van der Waals surface area contributed by atoms with Crippen molar-refractivity contribution in [2.45, 2.75) is 113 Å². The van der Waals surface area contributed by atoms with Gasteiger partial charge in [-0.2, -0.15) is 0 Å². The minimum atomic E-state index is -1.66. The number of carbonyl (C=O) groups excluding carboxylic acids is 2. The van der Waals surface area contributed by atoms with Gasteiger partial charge in [-0.15, -0.1) is 0 Å². The van der Waals surface area contributed by atoms with Crippen LogP contribution in [0, 0.1) is 0 Å². The number of carboxylic acids is 2. The van der Waals surface area contributed by atoms with Crippen molar-refractivity contribution >= 4 is 23.8 Å². The molecule has 20 nitrogen and oxygen atoms in total. The molecule has 3 heterocycles. The van der Waals surface area contributed by atoms with E-state index in [1.807, 2.05) is 12.1 Å². The number of amides is 2. The van der Waals surface area contributed by atoms with Crippen molar-refractivity contribution < 1.29 is 89.2 Å². The molecule has 72 heavy (non-hydrogen) atoms. The van der Waals surface area contributed by atoms with E-state index >= 15 is 0 Å². The highest BCUT2D eigenvalue weighted by atomic mass is 16.7. The van der Waals surface area contributed by atoms with Crippen LogP contribution in [0.3, 0.4) is 0 Å². The maximum Gasteiger partial charge on any atom is 0.307 e. The minimum Gasteiger partial charge on any atom is -0.481 e. The van der Waals surface area contributed by atoms with Crippen LogP contribution in [0.2, 0.25) is 0 Å². The number of aliphatic carboxylic acids is 2. The van der Waals surface area contributed by atoms with Gasteiger partial charge < -0.3 is 79.8 Å². The number of aliphatic hydroxyl groups excluding tert-OH is 8. The first-order valence-corrected chi connectivity index (χ1v) is 23.9. The molecule has 3 aliphatic rings. The van der Waals surface area contributed by atoms with Crippen LogP contribution in [-0.4, -0.2) is 185 Å². The zero-order valence-corrected chi connectivity index (χ0v) is 39.4. The zero-order valence-electron chi connectivity index (χ0n) is 39.4. The lowest BCUT2D eigenvalue weighted by Gasteiger charge is -2.39. The maximum atomic E-state index is 13.4. The Morgan fingerprint density at radius 1 is 0.500 bits per heavy atom.